The van der Waals surface area contributed by atoms with Gasteiger partial charge in [-0.15, -0.1) is 0 Å². The summed E-state index contributed by atoms with van der Waals surface area (Å²) >= 11 is 0. The molecule has 84 valence electrons. The predicted molar refractivity (Wildman–Crippen MR) is 60.2 cm³/mol. The zero-order chi connectivity index (χ0) is 11.4. The molecule has 4 heteroatoms. The minimum atomic E-state index is 0.183. The van der Waals surface area contributed by atoms with E-state index in [9.17, 15) is 0 Å². The monoisotopic (exact) mass is 217 g/mol. The maximum Gasteiger partial charge on any atom is 0.232 e. The van der Waals surface area contributed by atoms with Crippen molar-refractivity contribution in [2.45, 2.75) is 25.9 Å². The van der Waals surface area contributed by atoms with Crippen LogP contribution in [0.1, 0.15) is 24.1 Å². The van der Waals surface area contributed by atoms with Crippen LogP contribution < -0.4 is 10.1 Å². The van der Waals surface area contributed by atoms with Gasteiger partial charge in [0.2, 0.25) is 5.88 Å². The molecule has 1 aromatic heterocycles. The molecule has 4 nitrogen and oxygen atoms in total. The van der Waals surface area contributed by atoms with E-state index in [0.29, 0.717) is 11.4 Å². The molecule has 0 bridgehead atoms. The van der Waals surface area contributed by atoms with Crippen LogP contribution in [0.2, 0.25) is 0 Å². The van der Waals surface area contributed by atoms with Crippen LogP contribution in [0.15, 0.2) is 12.1 Å². The molecule has 1 aliphatic heterocycles. The summed E-state index contributed by atoms with van der Waals surface area (Å²) in [4.78, 5) is 4.27. The summed E-state index contributed by atoms with van der Waals surface area (Å²) in [5, 5.41) is 12.2. The number of hydrogen-bond acceptors (Lipinski definition) is 4. The molecule has 1 N–H and O–H groups in total. The van der Waals surface area contributed by atoms with Gasteiger partial charge in [0, 0.05) is 5.69 Å². The normalized spacial score (nSPS) is 16.8. The van der Waals surface area contributed by atoms with Crippen LogP contribution >= 0.6 is 0 Å². The summed E-state index contributed by atoms with van der Waals surface area (Å²) < 4.78 is 5.78. The van der Waals surface area contributed by atoms with Gasteiger partial charge in [0.1, 0.15) is 17.7 Å². The van der Waals surface area contributed by atoms with E-state index in [1.165, 1.54) is 0 Å². The Kier molecular flexibility index (Phi) is 3.37. The number of nitrogens with zero attached hydrogens (tertiary/aromatic N) is 2. The largest absolute Gasteiger partial charge is 0.473 e. The summed E-state index contributed by atoms with van der Waals surface area (Å²) in [6.07, 6.45) is 2.13. The lowest BCUT2D eigenvalue weighted by Crippen LogP contribution is -2.34. The van der Waals surface area contributed by atoms with Crippen molar-refractivity contribution in [2.75, 3.05) is 13.1 Å². The number of aryl methyl sites for hydroxylation is 1. The van der Waals surface area contributed by atoms with E-state index in [1.807, 2.05) is 13.0 Å². The molecule has 0 spiro atoms. The standard InChI is InChI=1S/C12H15N3O/c1-9-2-3-10(8-13)12(15-9)16-11-4-6-14-7-5-11/h2-3,11,14H,4-7H2,1H3. The van der Waals surface area contributed by atoms with Gasteiger partial charge >= 0.3 is 0 Å². The van der Waals surface area contributed by atoms with E-state index in [2.05, 4.69) is 16.4 Å². The second-order valence-electron chi connectivity index (χ2n) is 3.98. The molecule has 0 radical (unpaired) electrons. The van der Waals surface area contributed by atoms with E-state index in [4.69, 9.17) is 10.00 Å². The molecule has 16 heavy (non-hydrogen) atoms. The summed E-state index contributed by atoms with van der Waals surface area (Å²) in [7, 11) is 0. The first-order chi connectivity index (χ1) is 7.79. The minimum absolute atomic E-state index is 0.183. The Hall–Kier alpha value is -1.60. The van der Waals surface area contributed by atoms with E-state index in [0.717, 1.165) is 31.6 Å². The number of piperidine rings is 1. The highest BCUT2D eigenvalue weighted by atomic mass is 16.5. The third-order valence-corrected chi connectivity index (χ3v) is 2.68. The van der Waals surface area contributed by atoms with Crippen LogP contribution in [0.5, 0.6) is 5.88 Å². The molecule has 0 atom stereocenters. The Morgan fingerprint density at radius 2 is 2.19 bits per heavy atom. The molecule has 0 aromatic carbocycles. The van der Waals surface area contributed by atoms with Crippen LogP contribution in [0.25, 0.3) is 0 Å². The van der Waals surface area contributed by atoms with Gasteiger partial charge in [-0.1, -0.05) is 0 Å². The van der Waals surface area contributed by atoms with Crippen LogP contribution in [0, 0.1) is 18.3 Å². The van der Waals surface area contributed by atoms with Gasteiger partial charge in [-0.3, -0.25) is 0 Å². The fourth-order valence-electron chi connectivity index (χ4n) is 1.78. The Labute approximate surface area is 95.3 Å². The maximum atomic E-state index is 8.96. The quantitative estimate of drug-likeness (QED) is 0.813. The number of hydrogen-bond donors (Lipinski definition) is 1. The van der Waals surface area contributed by atoms with Crippen molar-refractivity contribution in [3.8, 4) is 11.9 Å². The predicted octanol–water partition coefficient (Wildman–Crippen LogP) is 1.39. The number of ether oxygens (including phenoxy) is 1. The molecule has 0 aliphatic carbocycles. The average Bonchev–Trinajstić information content (AvgIpc) is 2.31. The zero-order valence-electron chi connectivity index (χ0n) is 9.36. The second-order valence-corrected chi connectivity index (χ2v) is 3.98. The highest BCUT2D eigenvalue weighted by molar-refractivity contribution is 5.38. The molecule has 1 fully saturated rings. The first-order valence-corrected chi connectivity index (χ1v) is 5.54. The van der Waals surface area contributed by atoms with Gasteiger partial charge in [-0.05, 0) is 45.0 Å². The van der Waals surface area contributed by atoms with E-state index < -0.39 is 0 Å². The van der Waals surface area contributed by atoms with Crippen molar-refractivity contribution in [1.82, 2.24) is 10.3 Å². The molecule has 0 amide bonds. The molecular formula is C12H15N3O. The second kappa shape index (κ2) is 4.95. The third kappa shape index (κ3) is 2.50. The van der Waals surface area contributed by atoms with Crippen molar-refractivity contribution in [1.29, 1.82) is 5.26 Å². The van der Waals surface area contributed by atoms with Gasteiger partial charge in [0.15, 0.2) is 0 Å². The van der Waals surface area contributed by atoms with Crippen molar-refractivity contribution >= 4 is 0 Å². The summed E-state index contributed by atoms with van der Waals surface area (Å²) in [6, 6.07) is 5.70. The molecule has 0 unspecified atom stereocenters. The molecule has 1 aliphatic rings. The Bertz CT molecular complexity index is 405. The van der Waals surface area contributed by atoms with Gasteiger partial charge in [0.05, 0.1) is 0 Å². The highest BCUT2D eigenvalue weighted by Gasteiger charge is 2.17. The Morgan fingerprint density at radius 3 is 2.88 bits per heavy atom. The van der Waals surface area contributed by atoms with Gasteiger partial charge in [-0.25, -0.2) is 4.98 Å². The minimum Gasteiger partial charge on any atom is -0.473 e. The molecule has 1 aromatic rings. The molecule has 0 saturated carbocycles. The molecule has 1 saturated heterocycles. The first-order valence-electron chi connectivity index (χ1n) is 5.54. The number of pyridine rings is 1. The lowest BCUT2D eigenvalue weighted by atomic mass is 10.1. The summed E-state index contributed by atoms with van der Waals surface area (Å²) in [5.41, 5.74) is 1.40. The molecule has 2 heterocycles. The maximum absolute atomic E-state index is 8.96. The first kappa shape index (κ1) is 10.9. The molecular weight excluding hydrogens is 202 g/mol. The van der Waals surface area contributed by atoms with Crippen molar-refractivity contribution in [2.24, 2.45) is 0 Å². The summed E-state index contributed by atoms with van der Waals surface area (Å²) in [6.45, 7) is 3.84. The topological polar surface area (TPSA) is 57.9 Å². The number of nitriles is 1. The van der Waals surface area contributed by atoms with Crippen LogP contribution in [-0.4, -0.2) is 24.2 Å². The van der Waals surface area contributed by atoms with Crippen molar-refractivity contribution < 1.29 is 4.74 Å². The van der Waals surface area contributed by atoms with Gasteiger partial charge in [0.25, 0.3) is 0 Å². The Balaban J connectivity index is 2.13. The SMILES string of the molecule is Cc1ccc(C#N)c(OC2CCNCC2)n1. The lowest BCUT2D eigenvalue weighted by molar-refractivity contribution is 0.155. The van der Waals surface area contributed by atoms with E-state index in [1.54, 1.807) is 6.07 Å². The van der Waals surface area contributed by atoms with Gasteiger partial charge < -0.3 is 10.1 Å². The fourth-order valence-corrected chi connectivity index (χ4v) is 1.78. The Morgan fingerprint density at radius 1 is 1.44 bits per heavy atom. The molecule has 2 rings (SSSR count). The van der Waals surface area contributed by atoms with Crippen LogP contribution in [-0.2, 0) is 0 Å². The van der Waals surface area contributed by atoms with Crippen molar-refractivity contribution in [3.05, 3.63) is 23.4 Å². The third-order valence-electron chi connectivity index (χ3n) is 2.68. The summed E-state index contributed by atoms with van der Waals surface area (Å²) in [5.74, 6) is 0.481. The van der Waals surface area contributed by atoms with Crippen molar-refractivity contribution in [3.63, 3.8) is 0 Å². The van der Waals surface area contributed by atoms with E-state index in [-0.39, 0.29) is 6.10 Å². The van der Waals surface area contributed by atoms with Crippen LogP contribution in [0.4, 0.5) is 0 Å². The number of aromatic nitrogens is 1. The fraction of sp³-hybridized carbons (Fsp3) is 0.500. The zero-order valence-corrected chi connectivity index (χ0v) is 9.36. The van der Waals surface area contributed by atoms with E-state index >= 15 is 0 Å². The highest BCUT2D eigenvalue weighted by Crippen LogP contribution is 2.19. The smallest absolute Gasteiger partial charge is 0.232 e. The lowest BCUT2D eigenvalue weighted by Gasteiger charge is -2.23. The average molecular weight is 217 g/mol. The van der Waals surface area contributed by atoms with Crippen LogP contribution in [0.3, 0.4) is 0 Å². The number of nitrogens with one attached hydrogen (secondary N) is 1. The number of rotatable bonds is 2. The van der Waals surface area contributed by atoms with Gasteiger partial charge in [-0.2, -0.15) is 5.26 Å².